The third-order valence-electron chi connectivity index (χ3n) is 10.7. The van der Waals surface area contributed by atoms with Gasteiger partial charge in [-0.25, -0.2) is 0 Å². The summed E-state index contributed by atoms with van der Waals surface area (Å²) in [6, 6.07) is 6.66. The van der Waals surface area contributed by atoms with Crippen molar-refractivity contribution in [1.29, 1.82) is 0 Å². The second kappa shape index (κ2) is 12.0. The van der Waals surface area contributed by atoms with Crippen molar-refractivity contribution in [3.8, 4) is 0 Å². The molecule has 48 heavy (non-hydrogen) atoms. The molecule has 0 spiro atoms. The number of carbonyl (C=O) groups excluding carboxylic acids is 6. The molecule has 0 unspecified atom stereocenters. The molecule has 2 saturated carbocycles. The van der Waals surface area contributed by atoms with Gasteiger partial charge in [-0.3, -0.25) is 28.8 Å². The topological polar surface area (TPSA) is 143 Å². The van der Waals surface area contributed by atoms with Gasteiger partial charge in [0.1, 0.15) is 34.7 Å². The Hall–Kier alpha value is -3.68. The minimum Gasteiger partial charge on any atom is -0.512 e. The van der Waals surface area contributed by atoms with Crippen LogP contribution >= 0.6 is 0 Å². The number of aliphatic hydroxyl groups is 2. The van der Waals surface area contributed by atoms with Gasteiger partial charge in [-0.2, -0.15) is 0 Å². The summed E-state index contributed by atoms with van der Waals surface area (Å²) in [4.78, 5) is 82.0. The predicted octanol–water partition coefficient (Wildman–Crippen LogP) is 7.41. The number of hydrogen-bond donors (Lipinski definition) is 2. The first kappa shape index (κ1) is 35.6. The maximum absolute atomic E-state index is 13.7. The van der Waals surface area contributed by atoms with Gasteiger partial charge >= 0.3 is 0 Å². The van der Waals surface area contributed by atoms with Crippen molar-refractivity contribution < 1.29 is 39.0 Å². The Morgan fingerprint density at radius 3 is 0.958 bits per heavy atom. The molecule has 0 amide bonds. The highest BCUT2D eigenvalue weighted by Gasteiger charge is 2.50. The molecular weight excluding hydrogens is 608 g/mol. The quantitative estimate of drug-likeness (QED) is 0.301. The molecule has 0 aromatic heterocycles. The van der Waals surface area contributed by atoms with E-state index in [-0.39, 0.29) is 109 Å². The summed E-state index contributed by atoms with van der Waals surface area (Å²) in [5.41, 5.74) is -0.925. The van der Waals surface area contributed by atoms with E-state index in [0.717, 1.165) is 0 Å². The lowest BCUT2D eigenvalue weighted by molar-refractivity contribution is -0.142. The van der Waals surface area contributed by atoms with E-state index in [0.29, 0.717) is 11.1 Å². The van der Waals surface area contributed by atoms with Crippen LogP contribution < -0.4 is 0 Å². The number of ketones is 6. The molecule has 0 aliphatic heterocycles. The molecule has 4 aliphatic rings. The fourth-order valence-electron chi connectivity index (χ4n) is 8.83. The van der Waals surface area contributed by atoms with Gasteiger partial charge in [0.15, 0.2) is 11.6 Å². The fraction of sp³-hybridized carbons (Fsp3) is 0.600. The summed E-state index contributed by atoms with van der Waals surface area (Å²) in [6.07, 6.45) is 1.36. The smallest absolute Gasteiger partial charge is 0.163 e. The zero-order valence-corrected chi connectivity index (χ0v) is 29.6. The summed E-state index contributed by atoms with van der Waals surface area (Å²) >= 11 is 0. The molecule has 0 bridgehead atoms. The van der Waals surface area contributed by atoms with E-state index in [9.17, 15) is 39.0 Å². The van der Waals surface area contributed by atoms with Gasteiger partial charge in [0.2, 0.25) is 0 Å². The molecule has 4 aliphatic carbocycles. The molecule has 0 radical (unpaired) electrons. The number of aliphatic hydroxyl groups excluding tert-OH is 2. The monoisotopic (exact) mass is 658 g/mol. The van der Waals surface area contributed by atoms with Gasteiger partial charge in [0.05, 0.1) is 11.8 Å². The second-order valence-corrected chi connectivity index (χ2v) is 18.1. The van der Waals surface area contributed by atoms with Crippen LogP contribution in [-0.4, -0.2) is 44.9 Å². The van der Waals surface area contributed by atoms with Crippen LogP contribution in [0.4, 0.5) is 0 Å². The van der Waals surface area contributed by atoms with Crippen LogP contribution in [0.15, 0.2) is 46.9 Å². The van der Waals surface area contributed by atoms with E-state index in [4.69, 9.17) is 0 Å². The average molecular weight is 659 g/mol. The van der Waals surface area contributed by atoms with E-state index in [2.05, 4.69) is 0 Å². The number of benzene rings is 1. The minimum atomic E-state index is -1.15. The summed E-state index contributed by atoms with van der Waals surface area (Å²) in [5, 5.41) is 22.6. The van der Waals surface area contributed by atoms with Crippen molar-refractivity contribution in [1.82, 2.24) is 0 Å². The van der Waals surface area contributed by atoms with Gasteiger partial charge in [-0.1, -0.05) is 79.7 Å². The van der Waals surface area contributed by atoms with Crippen molar-refractivity contribution in [3.63, 3.8) is 0 Å². The van der Waals surface area contributed by atoms with Crippen molar-refractivity contribution in [3.05, 3.63) is 58.1 Å². The highest BCUT2D eigenvalue weighted by Crippen LogP contribution is 2.50. The number of Topliss-reactive ketones (excluding diaryl/α,β-unsaturated/α-hetero) is 6. The van der Waals surface area contributed by atoms with Gasteiger partial charge in [0, 0.05) is 74.3 Å². The van der Waals surface area contributed by atoms with E-state index in [1.165, 1.54) is 0 Å². The lowest BCUT2D eigenvalue weighted by Crippen LogP contribution is -2.43. The second-order valence-electron chi connectivity index (χ2n) is 18.1. The first-order valence-electron chi connectivity index (χ1n) is 17.1. The number of allylic oxidation sites excluding steroid dienone is 4. The molecule has 2 atom stereocenters. The molecule has 5 rings (SSSR count). The Morgan fingerprint density at radius 1 is 0.458 bits per heavy atom. The van der Waals surface area contributed by atoms with Crippen molar-refractivity contribution >= 4 is 34.7 Å². The van der Waals surface area contributed by atoms with E-state index < -0.39 is 45.3 Å². The van der Waals surface area contributed by atoms with Crippen LogP contribution in [0.5, 0.6) is 0 Å². The first-order chi connectivity index (χ1) is 22.0. The molecule has 2 fully saturated rings. The molecule has 8 nitrogen and oxygen atoms in total. The van der Waals surface area contributed by atoms with Gasteiger partial charge < -0.3 is 10.2 Å². The average Bonchev–Trinajstić information content (AvgIpc) is 2.87. The third-order valence-corrected chi connectivity index (χ3v) is 10.7. The third kappa shape index (κ3) is 6.90. The molecule has 0 heterocycles. The highest BCUT2D eigenvalue weighted by molar-refractivity contribution is 6.10. The summed E-state index contributed by atoms with van der Waals surface area (Å²) in [5.74, 6) is -6.35. The molecular formula is C40H50O8. The van der Waals surface area contributed by atoms with Crippen molar-refractivity contribution in [2.24, 2.45) is 33.5 Å². The standard InChI is InChI=1S/C40H50O8/c1-37(2)13-23(41)33(24(42)14-37)31(34-25(43)15-38(3,4)16-26(34)44)21-9-11-22(12-10-21)32(35-27(45)17-39(5,6)18-28(35)46)36-29(47)19-40(7,8)20-30(36)48/h9-12,31-33,35,43,47H,13-20H2,1-8H3/t31-,32-/m1/s1. The Kier molecular flexibility index (Phi) is 8.93. The van der Waals surface area contributed by atoms with Crippen LogP contribution in [-0.2, 0) is 28.8 Å². The van der Waals surface area contributed by atoms with Crippen molar-refractivity contribution in [2.75, 3.05) is 0 Å². The molecule has 2 N–H and O–H groups in total. The van der Waals surface area contributed by atoms with E-state index in [1.54, 1.807) is 24.3 Å². The Morgan fingerprint density at radius 2 is 0.708 bits per heavy atom. The Labute approximate surface area is 283 Å². The van der Waals surface area contributed by atoms with Crippen LogP contribution in [0, 0.1) is 33.5 Å². The predicted molar refractivity (Wildman–Crippen MR) is 180 cm³/mol. The Balaban J connectivity index is 1.65. The van der Waals surface area contributed by atoms with Crippen LogP contribution in [0.3, 0.4) is 0 Å². The maximum Gasteiger partial charge on any atom is 0.163 e. The summed E-state index contributed by atoms with van der Waals surface area (Å²) in [6.45, 7) is 15.0. The van der Waals surface area contributed by atoms with E-state index >= 15 is 0 Å². The summed E-state index contributed by atoms with van der Waals surface area (Å²) < 4.78 is 0. The maximum atomic E-state index is 13.7. The van der Waals surface area contributed by atoms with Gasteiger partial charge in [0.25, 0.3) is 0 Å². The molecule has 8 heteroatoms. The zero-order chi connectivity index (χ0) is 35.7. The van der Waals surface area contributed by atoms with E-state index in [1.807, 2.05) is 55.4 Å². The summed E-state index contributed by atoms with van der Waals surface area (Å²) in [7, 11) is 0. The lowest BCUT2D eigenvalue weighted by atomic mass is 9.61. The van der Waals surface area contributed by atoms with Crippen LogP contribution in [0.1, 0.15) is 130 Å². The number of carbonyl (C=O) groups is 6. The normalized spacial score (nSPS) is 26.2. The molecule has 1 aromatic rings. The van der Waals surface area contributed by atoms with Gasteiger partial charge in [-0.15, -0.1) is 0 Å². The molecule has 258 valence electrons. The molecule has 0 saturated heterocycles. The number of hydrogen-bond acceptors (Lipinski definition) is 8. The van der Waals surface area contributed by atoms with Crippen molar-refractivity contribution in [2.45, 2.75) is 119 Å². The lowest BCUT2D eigenvalue weighted by Gasteiger charge is -2.40. The Bertz CT molecular complexity index is 1500. The number of rotatable bonds is 6. The van der Waals surface area contributed by atoms with Crippen LogP contribution in [0.25, 0.3) is 0 Å². The highest BCUT2D eigenvalue weighted by atomic mass is 16.3. The fourth-order valence-corrected chi connectivity index (χ4v) is 8.83. The van der Waals surface area contributed by atoms with Crippen LogP contribution in [0.2, 0.25) is 0 Å². The first-order valence-corrected chi connectivity index (χ1v) is 17.1. The van der Waals surface area contributed by atoms with Gasteiger partial charge in [-0.05, 0) is 32.8 Å². The zero-order valence-electron chi connectivity index (χ0n) is 29.6. The SMILES string of the molecule is CC1(C)CC(=O)C([C@H](C2=C(O)CC(C)(C)CC2=O)c2ccc([C@@H](C3=C(O)CC(C)(C)CC3=O)C3C(=O)CC(C)(C)CC3=O)cc2)C(=O)C1. The molecule has 1 aromatic carbocycles. The largest absolute Gasteiger partial charge is 0.512 e. The minimum absolute atomic E-state index is 0.0786.